The summed E-state index contributed by atoms with van der Waals surface area (Å²) in [6, 6.07) is 3.65. The fourth-order valence-electron chi connectivity index (χ4n) is 1.36. The quantitative estimate of drug-likeness (QED) is 0.475. The molecule has 1 aromatic rings. The van der Waals surface area contributed by atoms with E-state index in [1.807, 2.05) is 0 Å². The van der Waals surface area contributed by atoms with Crippen LogP contribution in [0, 0.1) is 5.82 Å². The number of halogens is 1. The Hall–Kier alpha value is -2.14. The standard InChI is InChI=1S/C12H13FN2O2/c1-3-4-11(15(2)14)9-6-5-8(12(16)17)7-10(9)13/h3-7H,1,14H2,2H3,(H,16,17)/b11-4-. The Kier molecular flexibility index (Phi) is 4.01. The zero-order valence-corrected chi connectivity index (χ0v) is 9.35. The summed E-state index contributed by atoms with van der Waals surface area (Å²) in [6.07, 6.45) is 3.02. The molecule has 0 atom stereocenters. The number of benzene rings is 1. The van der Waals surface area contributed by atoms with Crippen LogP contribution in [0.5, 0.6) is 0 Å². The lowest BCUT2D eigenvalue weighted by atomic mass is 10.1. The second kappa shape index (κ2) is 5.27. The fraction of sp³-hybridized carbons (Fsp3) is 0.0833. The zero-order chi connectivity index (χ0) is 13.0. The van der Waals surface area contributed by atoms with Crippen LogP contribution in [0.2, 0.25) is 0 Å². The van der Waals surface area contributed by atoms with Crippen LogP contribution < -0.4 is 5.84 Å². The number of hydrogen-bond acceptors (Lipinski definition) is 3. The van der Waals surface area contributed by atoms with Gasteiger partial charge in [0, 0.05) is 12.6 Å². The Morgan fingerprint density at radius 2 is 2.24 bits per heavy atom. The van der Waals surface area contributed by atoms with E-state index in [1.54, 1.807) is 13.1 Å². The molecule has 90 valence electrons. The van der Waals surface area contributed by atoms with Gasteiger partial charge in [0.15, 0.2) is 0 Å². The SMILES string of the molecule is C=C/C=C(/c1ccc(C(=O)O)cc1F)N(C)N. The monoisotopic (exact) mass is 236 g/mol. The lowest BCUT2D eigenvalue weighted by Gasteiger charge is -2.17. The Bertz CT molecular complexity index is 481. The van der Waals surface area contributed by atoms with Crippen LogP contribution in [0.15, 0.2) is 36.9 Å². The Labute approximate surface area is 98.4 Å². The van der Waals surface area contributed by atoms with Gasteiger partial charge in [0.05, 0.1) is 11.3 Å². The molecule has 0 saturated carbocycles. The van der Waals surface area contributed by atoms with E-state index in [9.17, 15) is 9.18 Å². The molecule has 0 aromatic heterocycles. The lowest BCUT2D eigenvalue weighted by molar-refractivity contribution is 0.0696. The second-order valence-electron chi connectivity index (χ2n) is 3.40. The maximum Gasteiger partial charge on any atom is 0.335 e. The van der Waals surface area contributed by atoms with Gasteiger partial charge in [-0.25, -0.2) is 15.0 Å². The smallest absolute Gasteiger partial charge is 0.335 e. The van der Waals surface area contributed by atoms with Gasteiger partial charge in [0.2, 0.25) is 0 Å². The summed E-state index contributed by atoms with van der Waals surface area (Å²) in [5, 5.41) is 9.96. The lowest BCUT2D eigenvalue weighted by Crippen LogP contribution is -2.24. The number of nitrogens with two attached hydrogens (primary N) is 1. The normalized spacial score (nSPS) is 11.1. The number of rotatable bonds is 4. The van der Waals surface area contributed by atoms with E-state index >= 15 is 0 Å². The first-order valence-corrected chi connectivity index (χ1v) is 4.81. The summed E-state index contributed by atoms with van der Waals surface area (Å²) in [6.45, 7) is 3.51. The number of hydrogen-bond donors (Lipinski definition) is 2. The predicted octanol–water partition coefficient (Wildman–Crippen LogP) is 1.86. The van der Waals surface area contributed by atoms with E-state index in [0.29, 0.717) is 5.70 Å². The summed E-state index contributed by atoms with van der Waals surface area (Å²) < 4.78 is 13.7. The average molecular weight is 236 g/mol. The Balaban J connectivity index is 3.27. The third-order valence-electron chi connectivity index (χ3n) is 2.15. The highest BCUT2D eigenvalue weighted by Gasteiger charge is 2.12. The first-order valence-electron chi connectivity index (χ1n) is 4.81. The van der Waals surface area contributed by atoms with Crippen LogP contribution in [0.3, 0.4) is 0 Å². The highest BCUT2D eigenvalue weighted by molar-refractivity contribution is 5.88. The molecule has 0 bridgehead atoms. The van der Waals surface area contributed by atoms with Gasteiger partial charge in [-0.3, -0.25) is 0 Å². The molecule has 1 rings (SSSR count). The highest BCUT2D eigenvalue weighted by atomic mass is 19.1. The van der Waals surface area contributed by atoms with Crippen molar-refractivity contribution in [3.63, 3.8) is 0 Å². The minimum absolute atomic E-state index is 0.108. The van der Waals surface area contributed by atoms with E-state index in [-0.39, 0.29) is 11.1 Å². The number of carboxylic acid groups (broad SMARTS) is 1. The number of aromatic carboxylic acids is 1. The number of nitrogens with zero attached hydrogens (tertiary/aromatic N) is 1. The highest BCUT2D eigenvalue weighted by Crippen LogP contribution is 2.20. The minimum atomic E-state index is -1.18. The molecule has 4 nitrogen and oxygen atoms in total. The number of hydrazine groups is 1. The van der Waals surface area contributed by atoms with Crippen LogP contribution in [0.25, 0.3) is 5.70 Å². The fourth-order valence-corrected chi connectivity index (χ4v) is 1.36. The van der Waals surface area contributed by atoms with E-state index < -0.39 is 11.8 Å². The summed E-state index contributed by atoms with van der Waals surface area (Å²) in [4.78, 5) is 10.7. The van der Waals surface area contributed by atoms with Gasteiger partial charge in [-0.1, -0.05) is 12.7 Å². The van der Waals surface area contributed by atoms with E-state index in [1.165, 1.54) is 23.2 Å². The van der Waals surface area contributed by atoms with Crippen molar-refractivity contribution < 1.29 is 14.3 Å². The first kappa shape index (κ1) is 12.9. The molecule has 0 amide bonds. The van der Waals surface area contributed by atoms with Crippen LogP contribution in [0.4, 0.5) is 4.39 Å². The largest absolute Gasteiger partial charge is 0.478 e. The first-order chi connectivity index (χ1) is 7.97. The topological polar surface area (TPSA) is 66.6 Å². The van der Waals surface area contributed by atoms with Crippen molar-refractivity contribution in [2.24, 2.45) is 5.84 Å². The van der Waals surface area contributed by atoms with Crippen molar-refractivity contribution in [3.05, 3.63) is 53.9 Å². The van der Waals surface area contributed by atoms with Crippen molar-refractivity contribution in [1.29, 1.82) is 0 Å². The van der Waals surface area contributed by atoms with Crippen LogP contribution in [0.1, 0.15) is 15.9 Å². The molecule has 3 N–H and O–H groups in total. The molecule has 0 fully saturated rings. The number of carboxylic acids is 1. The molecule has 0 aliphatic rings. The summed E-state index contributed by atoms with van der Waals surface area (Å²) in [5.74, 6) is 3.74. The van der Waals surface area contributed by atoms with E-state index in [0.717, 1.165) is 6.07 Å². The van der Waals surface area contributed by atoms with Gasteiger partial charge in [-0.2, -0.15) is 0 Å². The Morgan fingerprint density at radius 1 is 1.59 bits per heavy atom. The van der Waals surface area contributed by atoms with Crippen molar-refractivity contribution in [2.75, 3.05) is 7.05 Å². The minimum Gasteiger partial charge on any atom is -0.478 e. The second-order valence-corrected chi connectivity index (χ2v) is 3.40. The van der Waals surface area contributed by atoms with Crippen molar-refractivity contribution >= 4 is 11.7 Å². The van der Waals surface area contributed by atoms with Crippen LogP contribution in [-0.2, 0) is 0 Å². The van der Waals surface area contributed by atoms with Gasteiger partial charge >= 0.3 is 5.97 Å². The molecular weight excluding hydrogens is 223 g/mol. The van der Waals surface area contributed by atoms with Gasteiger partial charge in [-0.15, -0.1) is 0 Å². The summed E-state index contributed by atoms with van der Waals surface area (Å²) >= 11 is 0. The maximum atomic E-state index is 13.7. The molecule has 0 aliphatic carbocycles. The molecule has 0 heterocycles. The van der Waals surface area contributed by atoms with Crippen molar-refractivity contribution in [2.45, 2.75) is 0 Å². The summed E-state index contributed by atoms with van der Waals surface area (Å²) in [7, 11) is 1.56. The van der Waals surface area contributed by atoms with Gasteiger partial charge < -0.3 is 10.1 Å². The summed E-state index contributed by atoms with van der Waals surface area (Å²) in [5.41, 5.74) is 0.526. The van der Waals surface area contributed by atoms with Crippen molar-refractivity contribution in [1.82, 2.24) is 5.01 Å². The molecule has 1 aromatic carbocycles. The third kappa shape index (κ3) is 2.92. The molecule has 0 spiro atoms. The maximum absolute atomic E-state index is 13.7. The molecule has 5 heteroatoms. The van der Waals surface area contributed by atoms with Crippen LogP contribution in [-0.4, -0.2) is 23.1 Å². The predicted molar refractivity (Wildman–Crippen MR) is 63.5 cm³/mol. The zero-order valence-electron chi connectivity index (χ0n) is 9.35. The number of allylic oxidation sites excluding steroid dienone is 2. The van der Waals surface area contributed by atoms with Crippen molar-refractivity contribution in [3.8, 4) is 0 Å². The average Bonchev–Trinajstić information content (AvgIpc) is 2.26. The number of carbonyl (C=O) groups is 1. The molecule has 17 heavy (non-hydrogen) atoms. The molecule has 0 saturated heterocycles. The molecular formula is C12H13FN2O2. The van der Waals surface area contributed by atoms with Gasteiger partial charge in [-0.05, 0) is 24.3 Å². The van der Waals surface area contributed by atoms with Gasteiger partial charge in [0.1, 0.15) is 5.82 Å². The molecule has 0 radical (unpaired) electrons. The molecule has 0 unspecified atom stereocenters. The molecule has 0 aliphatic heterocycles. The van der Waals surface area contributed by atoms with E-state index in [4.69, 9.17) is 10.9 Å². The van der Waals surface area contributed by atoms with Gasteiger partial charge in [0.25, 0.3) is 0 Å². The van der Waals surface area contributed by atoms with Crippen LogP contribution >= 0.6 is 0 Å². The van der Waals surface area contributed by atoms with E-state index in [2.05, 4.69) is 6.58 Å². The third-order valence-corrected chi connectivity index (χ3v) is 2.15. The Morgan fingerprint density at radius 3 is 2.65 bits per heavy atom.